The third-order valence-corrected chi connectivity index (χ3v) is 2.53. The fraction of sp³-hybridized carbons (Fsp3) is 0.308. The van der Waals surface area contributed by atoms with Crippen molar-refractivity contribution in [2.75, 3.05) is 6.61 Å². The average Bonchev–Trinajstić information content (AvgIpc) is 2.45. The minimum Gasteiger partial charge on any atom is -0.476 e. The van der Waals surface area contributed by atoms with Gasteiger partial charge in [0.15, 0.2) is 0 Å². The van der Waals surface area contributed by atoms with Crippen molar-refractivity contribution >= 4 is 0 Å². The molecule has 0 bridgehead atoms. The normalized spacial score (nSPS) is 10.3. The summed E-state index contributed by atoms with van der Waals surface area (Å²) in [5.41, 5.74) is 7.51. The molecule has 94 valence electrons. The Morgan fingerprint density at radius 3 is 2.61 bits per heavy atom. The van der Waals surface area contributed by atoms with Gasteiger partial charge < -0.3 is 10.5 Å². The van der Waals surface area contributed by atoms with Crippen molar-refractivity contribution in [3.63, 3.8) is 0 Å². The molecule has 0 aliphatic rings. The molecule has 18 heavy (non-hydrogen) atoms. The summed E-state index contributed by atoms with van der Waals surface area (Å²) in [4.78, 5) is 12.2. The number of rotatable bonds is 6. The van der Waals surface area contributed by atoms with Gasteiger partial charge in [0.25, 0.3) is 0 Å². The molecule has 2 aromatic heterocycles. The number of aromatic nitrogens is 3. The minimum atomic E-state index is 0.341. The van der Waals surface area contributed by atoms with Crippen LogP contribution in [0.2, 0.25) is 0 Å². The summed E-state index contributed by atoms with van der Waals surface area (Å²) >= 11 is 0. The lowest BCUT2D eigenvalue weighted by atomic mass is 10.1. The summed E-state index contributed by atoms with van der Waals surface area (Å²) < 4.78 is 5.58. The molecular formula is C13H16N4O. The van der Waals surface area contributed by atoms with Crippen molar-refractivity contribution in [2.24, 2.45) is 5.73 Å². The second-order valence-electron chi connectivity index (χ2n) is 3.82. The number of hydrogen-bond acceptors (Lipinski definition) is 5. The average molecular weight is 244 g/mol. The second kappa shape index (κ2) is 6.66. The topological polar surface area (TPSA) is 73.9 Å². The molecule has 0 radical (unpaired) electrons. The molecule has 0 unspecified atom stereocenters. The van der Waals surface area contributed by atoms with Crippen molar-refractivity contribution in [3.8, 4) is 5.88 Å². The smallest absolute Gasteiger partial charge is 0.236 e. The molecule has 5 heteroatoms. The van der Waals surface area contributed by atoms with Crippen LogP contribution in [-0.4, -0.2) is 21.6 Å². The molecule has 0 aliphatic carbocycles. The van der Waals surface area contributed by atoms with E-state index < -0.39 is 0 Å². The molecule has 2 aromatic rings. The fourth-order valence-corrected chi connectivity index (χ4v) is 1.61. The molecule has 0 fully saturated rings. The van der Waals surface area contributed by atoms with Crippen LogP contribution >= 0.6 is 0 Å². The van der Waals surface area contributed by atoms with Gasteiger partial charge >= 0.3 is 0 Å². The van der Waals surface area contributed by atoms with Crippen LogP contribution < -0.4 is 10.5 Å². The van der Waals surface area contributed by atoms with Crippen molar-refractivity contribution < 1.29 is 4.74 Å². The van der Waals surface area contributed by atoms with Gasteiger partial charge in [-0.1, -0.05) is 0 Å². The SMILES string of the molecule is NCc1nccnc1OCCCc1ccncc1. The van der Waals surface area contributed by atoms with Crippen LogP contribution in [0.15, 0.2) is 36.9 Å². The zero-order valence-corrected chi connectivity index (χ0v) is 10.1. The molecule has 0 amide bonds. The standard InChI is InChI=1S/C13H16N4O/c14-10-12-13(17-8-7-16-12)18-9-1-2-11-3-5-15-6-4-11/h3-8H,1-2,9-10,14H2. The van der Waals surface area contributed by atoms with Crippen molar-refractivity contribution in [1.82, 2.24) is 15.0 Å². The Bertz CT molecular complexity index is 475. The maximum Gasteiger partial charge on any atom is 0.236 e. The largest absolute Gasteiger partial charge is 0.476 e. The first kappa shape index (κ1) is 12.4. The quantitative estimate of drug-likeness (QED) is 0.776. The first-order chi connectivity index (χ1) is 8.90. The van der Waals surface area contributed by atoms with Crippen LogP contribution in [-0.2, 0) is 13.0 Å². The highest BCUT2D eigenvalue weighted by Crippen LogP contribution is 2.11. The number of nitrogens with two attached hydrogens (primary N) is 1. The molecule has 0 atom stereocenters. The first-order valence-electron chi connectivity index (χ1n) is 5.92. The van der Waals surface area contributed by atoms with Gasteiger partial charge in [-0.05, 0) is 30.5 Å². The lowest BCUT2D eigenvalue weighted by molar-refractivity contribution is 0.294. The summed E-state index contributed by atoms with van der Waals surface area (Å²) in [5.74, 6) is 0.537. The Labute approximate surface area is 106 Å². The molecule has 0 saturated carbocycles. The van der Waals surface area contributed by atoms with Crippen LogP contribution in [0.25, 0.3) is 0 Å². The van der Waals surface area contributed by atoms with Crippen molar-refractivity contribution in [3.05, 3.63) is 48.2 Å². The maximum atomic E-state index is 5.58. The lowest BCUT2D eigenvalue weighted by Crippen LogP contribution is -2.07. The number of nitrogens with zero attached hydrogens (tertiary/aromatic N) is 3. The molecule has 0 saturated heterocycles. The van der Waals surface area contributed by atoms with E-state index in [4.69, 9.17) is 10.5 Å². The lowest BCUT2D eigenvalue weighted by Gasteiger charge is -2.07. The zero-order valence-electron chi connectivity index (χ0n) is 10.1. The molecule has 0 aromatic carbocycles. The first-order valence-corrected chi connectivity index (χ1v) is 5.92. The Balaban J connectivity index is 1.78. The minimum absolute atomic E-state index is 0.341. The molecule has 2 heterocycles. The van der Waals surface area contributed by atoms with Crippen LogP contribution in [0.4, 0.5) is 0 Å². The van der Waals surface area contributed by atoms with E-state index in [-0.39, 0.29) is 0 Å². The van der Waals surface area contributed by atoms with E-state index >= 15 is 0 Å². The van der Waals surface area contributed by atoms with Crippen LogP contribution in [0.5, 0.6) is 5.88 Å². The molecule has 0 spiro atoms. The number of aryl methyl sites for hydroxylation is 1. The third-order valence-electron chi connectivity index (χ3n) is 2.53. The highest BCUT2D eigenvalue weighted by atomic mass is 16.5. The summed E-state index contributed by atoms with van der Waals surface area (Å²) in [6.07, 6.45) is 8.70. The van der Waals surface area contributed by atoms with E-state index in [9.17, 15) is 0 Å². The molecular weight excluding hydrogens is 228 g/mol. The number of ether oxygens (including phenoxy) is 1. The van der Waals surface area contributed by atoms with Crippen LogP contribution in [0.3, 0.4) is 0 Å². The fourth-order valence-electron chi connectivity index (χ4n) is 1.61. The Kier molecular flexibility index (Phi) is 4.60. The van der Waals surface area contributed by atoms with E-state index in [2.05, 4.69) is 15.0 Å². The Morgan fingerprint density at radius 1 is 1.06 bits per heavy atom. The molecule has 2 N–H and O–H groups in total. The predicted octanol–water partition coefficient (Wildman–Crippen LogP) is 1.34. The summed E-state index contributed by atoms with van der Waals surface area (Å²) in [7, 11) is 0. The van der Waals surface area contributed by atoms with E-state index in [1.807, 2.05) is 12.1 Å². The van der Waals surface area contributed by atoms with E-state index in [1.165, 1.54) is 5.56 Å². The van der Waals surface area contributed by atoms with E-state index in [0.717, 1.165) is 12.8 Å². The number of hydrogen-bond donors (Lipinski definition) is 1. The maximum absolute atomic E-state index is 5.58. The number of pyridine rings is 1. The summed E-state index contributed by atoms with van der Waals surface area (Å²) in [5, 5.41) is 0. The van der Waals surface area contributed by atoms with Gasteiger partial charge in [-0.2, -0.15) is 0 Å². The monoisotopic (exact) mass is 244 g/mol. The highest BCUT2D eigenvalue weighted by Gasteiger charge is 2.03. The molecule has 0 aliphatic heterocycles. The van der Waals surface area contributed by atoms with Gasteiger partial charge in [0.05, 0.1) is 6.61 Å². The van der Waals surface area contributed by atoms with Gasteiger partial charge in [0, 0.05) is 31.3 Å². The molecule has 5 nitrogen and oxygen atoms in total. The Morgan fingerprint density at radius 2 is 1.83 bits per heavy atom. The van der Waals surface area contributed by atoms with Gasteiger partial charge in [-0.15, -0.1) is 0 Å². The summed E-state index contributed by atoms with van der Waals surface area (Å²) in [6, 6.07) is 4.02. The highest BCUT2D eigenvalue weighted by molar-refractivity contribution is 5.16. The van der Waals surface area contributed by atoms with Crippen molar-refractivity contribution in [1.29, 1.82) is 0 Å². The summed E-state index contributed by atoms with van der Waals surface area (Å²) in [6.45, 7) is 0.946. The van der Waals surface area contributed by atoms with Gasteiger partial charge in [0.1, 0.15) is 5.69 Å². The van der Waals surface area contributed by atoms with Crippen LogP contribution in [0, 0.1) is 0 Å². The second-order valence-corrected chi connectivity index (χ2v) is 3.82. The third kappa shape index (κ3) is 3.49. The van der Waals surface area contributed by atoms with E-state index in [0.29, 0.717) is 24.7 Å². The van der Waals surface area contributed by atoms with Crippen LogP contribution in [0.1, 0.15) is 17.7 Å². The van der Waals surface area contributed by atoms with Gasteiger partial charge in [0.2, 0.25) is 5.88 Å². The molecule has 2 rings (SSSR count). The Hall–Kier alpha value is -2.01. The predicted molar refractivity (Wildman–Crippen MR) is 68.0 cm³/mol. The van der Waals surface area contributed by atoms with E-state index in [1.54, 1.807) is 24.8 Å². The van der Waals surface area contributed by atoms with Crippen molar-refractivity contribution in [2.45, 2.75) is 19.4 Å². The van der Waals surface area contributed by atoms with Gasteiger partial charge in [-0.25, -0.2) is 4.98 Å². The van der Waals surface area contributed by atoms with Gasteiger partial charge in [-0.3, -0.25) is 9.97 Å². The zero-order chi connectivity index (χ0) is 12.6.